The molecular formula is C107H88F2N14O12S2. The summed E-state index contributed by atoms with van der Waals surface area (Å²) in [7, 11) is 1.77. The molecule has 0 unspecified atom stereocenters. The average Bonchev–Trinajstić information content (AvgIpc) is 1.84. The van der Waals surface area contributed by atoms with E-state index in [1.165, 1.54) is 16.7 Å². The number of nitrogens with zero attached hydrogens (tertiary/aromatic N) is 14. The van der Waals surface area contributed by atoms with Gasteiger partial charge in [-0.3, -0.25) is 78.3 Å². The standard InChI is InChI=1S/3C19H16N2O2.C18H14F2N2O2S.C16H14N4O2.C16H12N2O2S/c1-14-5-2-7-16(21-14)12-19(22)15-6-3-8-17(11-15)23-18-9-4-10-20-13-18;1-14-7-8-16(21-12-14)11-19(22)15-4-2-5-17(10-15)23-18-6-3-9-20-13-18;1-14-10-15(7-9-21-14)11-19(22)16-4-2-5-17(12-16)23-18-6-3-8-20-13-18;1-18(19,20)16-11-25-17(22-16)9-15(23)12-4-2-5-13(8-12)24-14-6-3-7-21-10-14;1-20-11-18-16(19-20)9-15(21)12-4-2-5-13(8-12)22-14-6-3-7-17-10-14;19-15(10-16-18-7-8-21-16)12-3-1-4-13(9-12)20-14-5-2-6-17-11-14/h2-11,13H,12H2,1H3;2*2-10,12-13H,11H2,1H3;2-8,10-11H,9H2,1H3;2-8,10-11H,9H2,1H3;1-9,11H,10H2. The van der Waals surface area contributed by atoms with Crippen molar-refractivity contribution in [1.82, 2.24) is 69.6 Å². The zero-order chi connectivity index (χ0) is 95.9. The van der Waals surface area contributed by atoms with Gasteiger partial charge < -0.3 is 28.4 Å². The Labute approximate surface area is 796 Å². The lowest BCUT2D eigenvalue weighted by atomic mass is 10.0. The van der Waals surface area contributed by atoms with Gasteiger partial charge in [0.15, 0.2) is 40.5 Å². The van der Waals surface area contributed by atoms with Crippen molar-refractivity contribution in [3.63, 3.8) is 0 Å². The molecule has 0 atom stereocenters. The fourth-order valence-electron chi connectivity index (χ4n) is 12.6. The lowest BCUT2D eigenvalue weighted by Crippen LogP contribution is -2.08. The highest BCUT2D eigenvalue weighted by Gasteiger charge is 2.28. The van der Waals surface area contributed by atoms with Gasteiger partial charge in [0, 0.05) is 143 Å². The Morgan fingerprint density at radius 2 is 0.686 bits per heavy atom. The highest BCUT2D eigenvalue weighted by Crippen LogP contribution is 2.32. The number of ether oxygens (including phenoxy) is 6. The van der Waals surface area contributed by atoms with Crippen molar-refractivity contribution in [2.75, 3.05) is 0 Å². The molecule has 12 heterocycles. The topological polar surface area (TPSA) is 330 Å². The van der Waals surface area contributed by atoms with Crippen LogP contribution < -0.4 is 28.4 Å². The smallest absolute Gasteiger partial charge is 0.287 e. The normalized spacial score (nSPS) is 10.5. The molecule has 684 valence electrons. The van der Waals surface area contributed by atoms with E-state index >= 15 is 0 Å². The monoisotopic (exact) mass is 1860 g/mol. The molecule has 0 aliphatic heterocycles. The summed E-state index contributed by atoms with van der Waals surface area (Å²) in [5, 5.41) is 8.44. The molecule has 0 saturated carbocycles. The van der Waals surface area contributed by atoms with Gasteiger partial charge in [-0.1, -0.05) is 84.9 Å². The number of alkyl halides is 2. The zero-order valence-electron chi connectivity index (χ0n) is 74.7. The molecule has 137 heavy (non-hydrogen) atoms. The van der Waals surface area contributed by atoms with Crippen LogP contribution in [0.4, 0.5) is 8.78 Å². The number of halogens is 2. The molecular weight excluding hydrogens is 1780 g/mol. The molecule has 0 spiro atoms. The number of carbonyl (C=O) groups excluding carboxylic acids is 6. The van der Waals surface area contributed by atoms with Crippen molar-refractivity contribution < 1.29 is 66.0 Å². The summed E-state index contributed by atoms with van der Waals surface area (Å²) in [6.07, 6.45) is 27.9. The minimum atomic E-state index is -3.00. The first kappa shape index (κ1) is 97.3. The second-order valence-electron chi connectivity index (χ2n) is 30.2. The second kappa shape index (κ2) is 49.8. The molecule has 0 amide bonds. The molecule has 0 saturated heterocycles. The van der Waals surface area contributed by atoms with Crippen LogP contribution in [0, 0.1) is 20.8 Å². The Hall–Kier alpha value is -17.3. The molecule has 0 aliphatic carbocycles. The Balaban J connectivity index is 0.000000139. The Morgan fingerprint density at radius 1 is 0.321 bits per heavy atom. The van der Waals surface area contributed by atoms with E-state index < -0.39 is 5.92 Å². The summed E-state index contributed by atoms with van der Waals surface area (Å²) >= 11 is 2.54. The summed E-state index contributed by atoms with van der Waals surface area (Å²) in [5.41, 5.74) is 8.52. The number of hydrogen-bond donors (Lipinski definition) is 0. The molecule has 0 fully saturated rings. The van der Waals surface area contributed by atoms with Crippen molar-refractivity contribution in [3.8, 4) is 69.0 Å². The van der Waals surface area contributed by atoms with E-state index in [4.69, 9.17) is 28.4 Å². The Morgan fingerprint density at radius 3 is 1.01 bits per heavy atom. The number of carbonyl (C=O) groups is 6. The van der Waals surface area contributed by atoms with Gasteiger partial charge in [0.25, 0.3) is 5.92 Å². The van der Waals surface area contributed by atoms with E-state index in [9.17, 15) is 37.5 Å². The van der Waals surface area contributed by atoms with Gasteiger partial charge in [-0.25, -0.2) is 15.0 Å². The third kappa shape index (κ3) is 32.3. The van der Waals surface area contributed by atoms with Gasteiger partial charge in [0.05, 0.1) is 69.3 Å². The summed E-state index contributed by atoms with van der Waals surface area (Å²) in [4.78, 5) is 123. The third-order valence-electron chi connectivity index (χ3n) is 19.2. The number of ketones is 6. The van der Waals surface area contributed by atoms with Crippen LogP contribution in [0.15, 0.2) is 371 Å². The number of rotatable bonds is 31. The van der Waals surface area contributed by atoms with Crippen LogP contribution >= 0.6 is 22.7 Å². The maximum Gasteiger partial charge on any atom is 0.287 e. The number of aryl methyl sites for hydroxylation is 4. The average molecular weight is 1860 g/mol. The van der Waals surface area contributed by atoms with Crippen molar-refractivity contribution in [2.45, 2.75) is 72.1 Å². The number of pyridine rings is 9. The summed E-state index contributed by atoms with van der Waals surface area (Å²) in [5.74, 6) is 4.63. The van der Waals surface area contributed by atoms with Crippen LogP contribution in [-0.2, 0) is 51.5 Å². The van der Waals surface area contributed by atoms with Gasteiger partial charge in [-0.2, -0.15) is 13.9 Å². The maximum absolute atomic E-state index is 13.2. The highest BCUT2D eigenvalue weighted by molar-refractivity contribution is 7.10. The molecule has 0 aliphatic rings. The number of aromatic nitrogens is 14. The van der Waals surface area contributed by atoms with Gasteiger partial charge in [0.1, 0.15) is 91.0 Å². The lowest BCUT2D eigenvalue weighted by molar-refractivity contribution is 0.0132. The van der Waals surface area contributed by atoms with E-state index in [0.717, 1.165) is 57.2 Å². The molecule has 26 nitrogen and oxygen atoms in total. The first-order valence-electron chi connectivity index (χ1n) is 42.6. The molecule has 0 radical (unpaired) electrons. The molecule has 0 N–H and O–H groups in total. The zero-order valence-corrected chi connectivity index (χ0v) is 76.3. The maximum atomic E-state index is 13.2. The van der Waals surface area contributed by atoms with E-state index in [1.807, 2.05) is 135 Å². The summed E-state index contributed by atoms with van der Waals surface area (Å²) in [6.45, 7) is 6.58. The lowest BCUT2D eigenvalue weighted by Gasteiger charge is -2.07. The van der Waals surface area contributed by atoms with Crippen molar-refractivity contribution in [2.24, 2.45) is 7.05 Å². The van der Waals surface area contributed by atoms with Crippen molar-refractivity contribution in [3.05, 3.63) is 460 Å². The summed E-state index contributed by atoms with van der Waals surface area (Å²) < 4.78 is 62.1. The second-order valence-corrected chi connectivity index (χ2v) is 32.1. The summed E-state index contributed by atoms with van der Waals surface area (Å²) in [6, 6.07) is 77.2. The predicted octanol–water partition coefficient (Wildman–Crippen LogP) is 23.1. The van der Waals surface area contributed by atoms with Gasteiger partial charge in [-0.15, -0.1) is 22.7 Å². The van der Waals surface area contributed by atoms with Crippen LogP contribution in [0.25, 0.3) is 0 Å². The SMILES string of the molecule is CC(F)(F)c1csc(CC(=O)c2cccc(Oc3cccnc3)c2)n1.Cc1cc(CC(=O)c2cccc(Oc3cccnc3)c2)ccn1.Cc1ccc(CC(=O)c2cccc(Oc3cccnc3)c2)nc1.Cc1cccc(CC(=O)c2cccc(Oc3cccnc3)c2)n1.Cn1cnc(CC(=O)c2cccc(Oc3cccnc3)c2)n1.O=C(Cc1nccs1)c1cccc(Oc2cccnc2)c1. The van der Waals surface area contributed by atoms with Crippen LogP contribution in [0.1, 0.15) is 125 Å². The van der Waals surface area contributed by atoms with Gasteiger partial charge >= 0.3 is 0 Å². The minimum Gasteiger partial charge on any atom is -0.456 e. The van der Waals surface area contributed by atoms with E-state index in [2.05, 4.69) is 64.9 Å². The number of benzene rings is 6. The first-order valence-corrected chi connectivity index (χ1v) is 44.4. The van der Waals surface area contributed by atoms with Gasteiger partial charge in [-0.05, 0) is 208 Å². The fourth-order valence-corrected chi connectivity index (χ4v) is 14.1. The van der Waals surface area contributed by atoms with Crippen molar-refractivity contribution >= 4 is 57.4 Å². The number of thiazole rings is 2. The Bertz CT molecular complexity index is 6840. The third-order valence-corrected chi connectivity index (χ3v) is 20.8. The minimum absolute atomic E-state index is 0.0120. The molecule has 18 rings (SSSR count). The molecule has 18 aromatic rings. The Kier molecular flexibility index (Phi) is 35.4. The highest BCUT2D eigenvalue weighted by atomic mass is 32.1. The van der Waals surface area contributed by atoms with Crippen LogP contribution in [-0.4, -0.2) is 104 Å². The molecule has 12 aromatic heterocycles. The van der Waals surface area contributed by atoms with Crippen LogP contribution in [0.2, 0.25) is 0 Å². The number of hydrogen-bond acceptors (Lipinski definition) is 27. The molecule has 30 heteroatoms. The molecule has 0 bridgehead atoms. The van der Waals surface area contributed by atoms with E-state index in [1.54, 1.807) is 263 Å². The quantitative estimate of drug-likeness (QED) is 0.0364. The largest absolute Gasteiger partial charge is 0.456 e. The van der Waals surface area contributed by atoms with E-state index in [0.29, 0.717) is 126 Å². The first-order chi connectivity index (χ1) is 66.5. The number of Topliss-reactive ketones (excluding diaryl/α,β-unsaturated/α-hetero) is 6. The van der Waals surface area contributed by atoms with Gasteiger partial charge in [0.2, 0.25) is 0 Å². The predicted molar refractivity (Wildman–Crippen MR) is 514 cm³/mol. The van der Waals surface area contributed by atoms with Crippen LogP contribution in [0.5, 0.6) is 69.0 Å². The van der Waals surface area contributed by atoms with E-state index in [-0.39, 0.29) is 66.1 Å². The van der Waals surface area contributed by atoms with Crippen molar-refractivity contribution in [1.29, 1.82) is 0 Å². The fraction of sp³-hybridized carbons (Fsp3) is 0.112. The molecule has 6 aromatic carbocycles. The van der Waals surface area contributed by atoms with Crippen LogP contribution in [0.3, 0.4) is 0 Å².